The first-order valence-corrected chi connectivity index (χ1v) is 11.0. The number of carbonyl (C=O) groups is 2. The maximum Gasteiger partial charge on any atom is 0.337 e. The van der Waals surface area contributed by atoms with Gasteiger partial charge in [-0.05, 0) is 42.5 Å². The first-order valence-electron chi connectivity index (χ1n) is 8.85. The number of carboxylic acids is 1. The second-order valence-corrected chi connectivity index (χ2v) is 9.00. The lowest BCUT2D eigenvalue weighted by Crippen LogP contribution is -2.38. The zero-order valence-electron chi connectivity index (χ0n) is 15.8. The van der Waals surface area contributed by atoms with Crippen LogP contribution in [0, 0.1) is 0 Å². The van der Waals surface area contributed by atoms with E-state index in [1.165, 1.54) is 48.5 Å². The van der Waals surface area contributed by atoms with Gasteiger partial charge in [0.15, 0.2) is 0 Å². The van der Waals surface area contributed by atoms with Gasteiger partial charge in [0.1, 0.15) is 6.54 Å². The van der Waals surface area contributed by atoms with Crippen molar-refractivity contribution in [2.75, 3.05) is 16.2 Å². The zero-order valence-corrected chi connectivity index (χ0v) is 18.2. The third kappa shape index (κ3) is 5.16. The van der Waals surface area contributed by atoms with Crippen LogP contribution in [0.5, 0.6) is 0 Å². The van der Waals surface area contributed by atoms with E-state index in [9.17, 15) is 23.1 Å². The van der Waals surface area contributed by atoms with Gasteiger partial charge in [-0.2, -0.15) is 0 Å². The van der Waals surface area contributed by atoms with E-state index in [0.29, 0.717) is 0 Å². The fourth-order valence-corrected chi connectivity index (χ4v) is 4.50. The van der Waals surface area contributed by atoms with Gasteiger partial charge in [-0.3, -0.25) is 9.10 Å². The van der Waals surface area contributed by atoms with Crippen LogP contribution in [-0.4, -0.2) is 31.9 Å². The molecule has 0 bridgehead atoms. The molecule has 0 fully saturated rings. The summed E-state index contributed by atoms with van der Waals surface area (Å²) in [5.74, 6) is -1.96. The Morgan fingerprint density at radius 1 is 0.903 bits per heavy atom. The predicted octanol–water partition coefficient (Wildman–Crippen LogP) is 4.53. The highest BCUT2D eigenvalue weighted by Gasteiger charge is 2.28. The Kier molecular flexibility index (Phi) is 6.84. The molecular weight excluding hydrogens is 463 g/mol. The van der Waals surface area contributed by atoms with Gasteiger partial charge in [0.2, 0.25) is 5.91 Å². The first kappa shape index (κ1) is 22.6. The Labute approximate surface area is 188 Å². The molecule has 2 N–H and O–H groups in total. The molecule has 160 valence electrons. The van der Waals surface area contributed by atoms with Crippen LogP contribution < -0.4 is 9.62 Å². The molecule has 0 heterocycles. The summed E-state index contributed by atoms with van der Waals surface area (Å²) in [7, 11) is -4.14. The van der Waals surface area contributed by atoms with E-state index in [1.54, 1.807) is 24.3 Å². The van der Waals surface area contributed by atoms with Crippen LogP contribution in [0.4, 0.5) is 11.4 Å². The smallest absolute Gasteiger partial charge is 0.337 e. The highest BCUT2D eigenvalue weighted by atomic mass is 35.5. The van der Waals surface area contributed by atoms with Crippen molar-refractivity contribution in [1.82, 2.24) is 0 Å². The van der Waals surface area contributed by atoms with Crippen LogP contribution in [0.25, 0.3) is 0 Å². The molecule has 0 aliphatic rings. The van der Waals surface area contributed by atoms with Crippen LogP contribution in [0.15, 0.2) is 77.7 Å². The number of para-hydroxylation sites is 1. The summed E-state index contributed by atoms with van der Waals surface area (Å²) in [4.78, 5) is 24.1. The molecule has 10 heteroatoms. The van der Waals surface area contributed by atoms with Crippen molar-refractivity contribution in [1.29, 1.82) is 0 Å². The number of carbonyl (C=O) groups excluding carboxylic acids is 1. The van der Waals surface area contributed by atoms with Crippen molar-refractivity contribution in [2.45, 2.75) is 4.90 Å². The minimum atomic E-state index is -4.14. The molecule has 31 heavy (non-hydrogen) atoms. The molecule has 0 aliphatic heterocycles. The van der Waals surface area contributed by atoms with Gasteiger partial charge in [-0.25, -0.2) is 13.2 Å². The molecule has 0 aliphatic carbocycles. The first-order chi connectivity index (χ1) is 14.7. The molecule has 0 saturated heterocycles. The van der Waals surface area contributed by atoms with Crippen molar-refractivity contribution in [2.24, 2.45) is 0 Å². The Balaban J connectivity index is 1.98. The molecule has 0 aromatic heterocycles. The highest BCUT2D eigenvalue weighted by Crippen LogP contribution is 2.30. The van der Waals surface area contributed by atoms with Gasteiger partial charge >= 0.3 is 5.97 Å². The van der Waals surface area contributed by atoms with Crippen LogP contribution in [-0.2, 0) is 14.8 Å². The number of hydrogen-bond donors (Lipinski definition) is 2. The van der Waals surface area contributed by atoms with Gasteiger partial charge in [0.25, 0.3) is 10.0 Å². The minimum absolute atomic E-state index is 0.0280. The van der Waals surface area contributed by atoms with E-state index in [2.05, 4.69) is 5.32 Å². The lowest BCUT2D eigenvalue weighted by atomic mass is 10.2. The molecule has 3 aromatic rings. The third-order valence-corrected chi connectivity index (χ3v) is 6.77. The predicted molar refractivity (Wildman–Crippen MR) is 119 cm³/mol. The number of benzene rings is 3. The van der Waals surface area contributed by atoms with E-state index in [1.807, 2.05) is 0 Å². The number of nitrogens with zero attached hydrogens (tertiary/aromatic N) is 1. The quantitative estimate of drug-likeness (QED) is 0.519. The number of amides is 1. The number of anilines is 2. The van der Waals surface area contributed by atoms with Crippen LogP contribution in [0.1, 0.15) is 10.4 Å². The Hall–Kier alpha value is -3.07. The standard InChI is InChI=1S/C21H16Cl2N2O5S/c22-17-11-10-14(12-18(17)23)25(31(29,30)15-6-2-1-3-7-15)13-20(26)24-19-9-5-4-8-16(19)21(27)28/h1-12H,13H2,(H,24,26)(H,27,28). The largest absolute Gasteiger partial charge is 0.478 e. The normalized spacial score (nSPS) is 11.0. The number of sulfonamides is 1. The average Bonchev–Trinajstić information content (AvgIpc) is 2.75. The highest BCUT2D eigenvalue weighted by molar-refractivity contribution is 7.92. The fraction of sp³-hybridized carbons (Fsp3) is 0.0476. The van der Waals surface area contributed by atoms with Crippen molar-refractivity contribution in [3.63, 3.8) is 0 Å². The van der Waals surface area contributed by atoms with Crippen molar-refractivity contribution >= 4 is 56.5 Å². The second-order valence-electron chi connectivity index (χ2n) is 6.32. The van der Waals surface area contributed by atoms with Gasteiger partial charge in [-0.1, -0.05) is 53.5 Å². The zero-order chi connectivity index (χ0) is 22.6. The van der Waals surface area contributed by atoms with E-state index in [-0.39, 0.29) is 31.9 Å². The van der Waals surface area contributed by atoms with Gasteiger partial charge in [0.05, 0.1) is 31.9 Å². The summed E-state index contributed by atoms with van der Waals surface area (Å²) in [6, 6.07) is 17.6. The number of aromatic carboxylic acids is 1. The third-order valence-electron chi connectivity index (χ3n) is 4.24. The van der Waals surface area contributed by atoms with Gasteiger partial charge in [0, 0.05) is 0 Å². The SMILES string of the molecule is O=C(CN(c1ccc(Cl)c(Cl)c1)S(=O)(=O)c1ccccc1)Nc1ccccc1C(=O)O. The summed E-state index contributed by atoms with van der Waals surface area (Å²) >= 11 is 12.0. The van der Waals surface area contributed by atoms with E-state index in [0.717, 1.165) is 4.31 Å². The summed E-state index contributed by atoms with van der Waals surface area (Å²) in [5, 5.41) is 12.1. The lowest BCUT2D eigenvalue weighted by molar-refractivity contribution is -0.114. The monoisotopic (exact) mass is 478 g/mol. The Bertz CT molecular complexity index is 1230. The second kappa shape index (κ2) is 9.38. The summed E-state index contributed by atoms with van der Waals surface area (Å²) in [6.45, 7) is -0.622. The van der Waals surface area contributed by atoms with Crippen molar-refractivity contribution in [3.8, 4) is 0 Å². The average molecular weight is 479 g/mol. The fourth-order valence-electron chi connectivity index (χ4n) is 2.77. The van der Waals surface area contributed by atoms with Crippen LogP contribution in [0.2, 0.25) is 10.0 Å². The number of carboxylic acid groups (broad SMARTS) is 1. The molecule has 3 rings (SSSR count). The Morgan fingerprint density at radius 2 is 1.55 bits per heavy atom. The molecule has 0 radical (unpaired) electrons. The van der Waals surface area contributed by atoms with E-state index in [4.69, 9.17) is 23.2 Å². The molecule has 0 spiro atoms. The van der Waals surface area contributed by atoms with Crippen LogP contribution >= 0.6 is 23.2 Å². The number of nitrogens with one attached hydrogen (secondary N) is 1. The maximum atomic E-state index is 13.3. The van der Waals surface area contributed by atoms with Crippen molar-refractivity contribution < 1.29 is 23.1 Å². The number of halogens is 2. The molecule has 1 amide bonds. The van der Waals surface area contributed by atoms with E-state index >= 15 is 0 Å². The number of hydrogen-bond acceptors (Lipinski definition) is 4. The molecule has 0 saturated carbocycles. The molecule has 7 nitrogen and oxygen atoms in total. The summed E-state index contributed by atoms with van der Waals surface area (Å²) < 4.78 is 27.4. The summed E-state index contributed by atoms with van der Waals surface area (Å²) in [5.41, 5.74) is 0.0500. The van der Waals surface area contributed by atoms with E-state index < -0.39 is 28.4 Å². The lowest BCUT2D eigenvalue weighted by Gasteiger charge is -2.24. The Morgan fingerprint density at radius 3 is 2.19 bits per heavy atom. The molecule has 0 atom stereocenters. The summed E-state index contributed by atoms with van der Waals surface area (Å²) in [6.07, 6.45) is 0. The van der Waals surface area contributed by atoms with Gasteiger partial charge < -0.3 is 10.4 Å². The van der Waals surface area contributed by atoms with Gasteiger partial charge in [-0.15, -0.1) is 0 Å². The topological polar surface area (TPSA) is 104 Å². The van der Waals surface area contributed by atoms with Crippen LogP contribution in [0.3, 0.4) is 0 Å². The maximum absolute atomic E-state index is 13.3. The molecule has 3 aromatic carbocycles. The molecular formula is C21H16Cl2N2O5S. The van der Waals surface area contributed by atoms with Crippen molar-refractivity contribution in [3.05, 3.63) is 88.4 Å². The number of rotatable bonds is 7. The minimum Gasteiger partial charge on any atom is -0.478 e. The molecule has 0 unspecified atom stereocenters.